The summed E-state index contributed by atoms with van der Waals surface area (Å²) in [5.74, 6) is -0.308. The van der Waals surface area contributed by atoms with Crippen LogP contribution in [0.25, 0.3) is 0 Å². The van der Waals surface area contributed by atoms with Gasteiger partial charge in [-0.1, -0.05) is 31.2 Å². The highest BCUT2D eigenvalue weighted by molar-refractivity contribution is 5.98. The van der Waals surface area contributed by atoms with Gasteiger partial charge < -0.3 is 16.0 Å². The summed E-state index contributed by atoms with van der Waals surface area (Å²) in [6.07, 6.45) is 0.902. The lowest BCUT2D eigenvalue weighted by molar-refractivity contribution is -0.114. The van der Waals surface area contributed by atoms with Crippen LogP contribution < -0.4 is 16.0 Å². The zero-order valence-corrected chi connectivity index (χ0v) is 14.1. The van der Waals surface area contributed by atoms with Gasteiger partial charge in [0, 0.05) is 23.5 Å². The van der Waals surface area contributed by atoms with E-state index in [1.165, 1.54) is 5.56 Å². The summed E-state index contributed by atoms with van der Waals surface area (Å²) in [5, 5.41) is 8.69. The summed E-state index contributed by atoms with van der Waals surface area (Å²) in [5.41, 5.74) is 3.27. The van der Waals surface area contributed by atoms with Gasteiger partial charge in [0.1, 0.15) is 0 Å². The van der Waals surface area contributed by atoms with Gasteiger partial charge in [0.15, 0.2) is 0 Å². The molecule has 0 saturated carbocycles. The molecule has 0 unspecified atom stereocenters. The van der Waals surface area contributed by atoms with Gasteiger partial charge in [-0.15, -0.1) is 0 Å². The van der Waals surface area contributed by atoms with Crippen LogP contribution in [0.1, 0.15) is 29.8 Å². The van der Waals surface area contributed by atoms with Crippen molar-refractivity contribution >= 4 is 23.2 Å². The fraction of sp³-hybridized carbons (Fsp3) is 0.263. The molecule has 2 aromatic carbocycles. The molecule has 2 amide bonds. The Morgan fingerprint density at radius 3 is 2.54 bits per heavy atom. The Morgan fingerprint density at radius 2 is 1.79 bits per heavy atom. The Kier molecular flexibility index (Phi) is 6.37. The highest BCUT2D eigenvalue weighted by atomic mass is 16.2. The Hall–Kier alpha value is -2.82. The minimum atomic E-state index is -0.158. The number of rotatable bonds is 7. The Morgan fingerprint density at radius 1 is 1.00 bits per heavy atom. The van der Waals surface area contributed by atoms with Gasteiger partial charge in [-0.2, -0.15) is 0 Å². The molecule has 2 aromatic rings. The van der Waals surface area contributed by atoms with Crippen LogP contribution in [-0.2, 0) is 11.2 Å². The molecular weight excluding hydrogens is 302 g/mol. The first-order valence-corrected chi connectivity index (χ1v) is 8.14. The zero-order valence-electron chi connectivity index (χ0n) is 14.1. The van der Waals surface area contributed by atoms with Crippen molar-refractivity contribution in [3.05, 3.63) is 59.7 Å². The highest BCUT2D eigenvalue weighted by Crippen LogP contribution is 2.15. The average Bonchev–Trinajstić information content (AvgIpc) is 2.60. The predicted octanol–water partition coefficient (Wildman–Crippen LogP) is 3.05. The van der Waals surface area contributed by atoms with Crippen molar-refractivity contribution < 1.29 is 9.59 Å². The Labute approximate surface area is 142 Å². The molecule has 5 heteroatoms. The first-order chi connectivity index (χ1) is 11.6. The van der Waals surface area contributed by atoms with Crippen molar-refractivity contribution in [3.63, 3.8) is 0 Å². The first-order valence-electron chi connectivity index (χ1n) is 8.14. The molecule has 5 nitrogen and oxygen atoms in total. The molecule has 0 spiro atoms. The molecule has 0 aliphatic rings. The second-order valence-electron chi connectivity index (χ2n) is 5.35. The maximum absolute atomic E-state index is 12.1. The largest absolute Gasteiger partial charge is 0.376 e. The number of para-hydroxylation sites is 1. The molecule has 0 aromatic heterocycles. The number of carbonyl (C=O) groups is 2. The van der Waals surface area contributed by atoms with E-state index in [2.05, 4.69) is 22.9 Å². The Bertz CT molecular complexity index is 713. The molecular formula is C19H23N3O2. The van der Waals surface area contributed by atoms with Gasteiger partial charge >= 0.3 is 0 Å². The van der Waals surface area contributed by atoms with E-state index in [4.69, 9.17) is 0 Å². The predicted molar refractivity (Wildman–Crippen MR) is 97.4 cm³/mol. The summed E-state index contributed by atoms with van der Waals surface area (Å²) in [6.45, 7) is 4.68. The molecule has 126 valence electrons. The topological polar surface area (TPSA) is 70.2 Å². The van der Waals surface area contributed by atoms with E-state index in [0.29, 0.717) is 17.8 Å². The normalized spacial score (nSPS) is 10.1. The lowest BCUT2D eigenvalue weighted by atomic mass is 10.1. The summed E-state index contributed by atoms with van der Waals surface area (Å²) in [6, 6.07) is 14.8. The molecule has 2 rings (SSSR count). The van der Waals surface area contributed by atoms with E-state index >= 15 is 0 Å². The van der Waals surface area contributed by atoms with E-state index in [-0.39, 0.29) is 18.4 Å². The van der Waals surface area contributed by atoms with Crippen LogP contribution >= 0.6 is 0 Å². The molecule has 0 aliphatic carbocycles. The second kappa shape index (κ2) is 8.72. The number of aryl methyl sites for hydroxylation is 1. The van der Waals surface area contributed by atoms with Crippen LogP contribution in [0.5, 0.6) is 0 Å². The van der Waals surface area contributed by atoms with Gasteiger partial charge in [-0.25, -0.2) is 0 Å². The van der Waals surface area contributed by atoms with Gasteiger partial charge in [0.05, 0.1) is 6.54 Å². The maximum Gasteiger partial charge on any atom is 0.251 e. The number of benzene rings is 2. The minimum Gasteiger partial charge on any atom is -0.376 e. The molecule has 3 N–H and O–H groups in total. The van der Waals surface area contributed by atoms with Crippen LogP contribution in [0, 0.1) is 0 Å². The van der Waals surface area contributed by atoms with Gasteiger partial charge in [-0.3, -0.25) is 9.59 Å². The first kappa shape index (κ1) is 17.5. The van der Waals surface area contributed by atoms with Gasteiger partial charge in [-0.05, 0) is 43.2 Å². The van der Waals surface area contributed by atoms with Crippen LogP contribution in [-0.4, -0.2) is 24.9 Å². The molecule has 0 fully saturated rings. The van der Waals surface area contributed by atoms with Crippen molar-refractivity contribution in [2.45, 2.75) is 20.3 Å². The van der Waals surface area contributed by atoms with Crippen molar-refractivity contribution in [1.29, 1.82) is 0 Å². The number of carbonyl (C=O) groups excluding carboxylic acids is 2. The van der Waals surface area contributed by atoms with Crippen LogP contribution in [0.2, 0.25) is 0 Å². The molecule has 0 atom stereocenters. The summed E-state index contributed by atoms with van der Waals surface area (Å²) >= 11 is 0. The van der Waals surface area contributed by atoms with Crippen molar-refractivity contribution in [3.8, 4) is 0 Å². The van der Waals surface area contributed by atoms with E-state index < -0.39 is 0 Å². The van der Waals surface area contributed by atoms with Crippen LogP contribution in [0.4, 0.5) is 11.4 Å². The summed E-state index contributed by atoms with van der Waals surface area (Å²) in [4.78, 5) is 23.9. The van der Waals surface area contributed by atoms with Crippen LogP contribution in [0.15, 0.2) is 48.5 Å². The van der Waals surface area contributed by atoms with Gasteiger partial charge in [0.25, 0.3) is 5.91 Å². The third-order valence-corrected chi connectivity index (χ3v) is 3.58. The molecule has 0 heterocycles. The molecule has 0 bridgehead atoms. The second-order valence-corrected chi connectivity index (χ2v) is 5.35. The fourth-order valence-electron chi connectivity index (χ4n) is 2.38. The maximum atomic E-state index is 12.1. The van der Waals surface area contributed by atoms with E-state index in [9.17, 15) is 9.59 Å². The van der Waals surface area contributed by atoms with E-state index in [1.807, 2.05) is 31.2 Å². The third-order valence-electron chi connectivity index (χ3n) is 3.58. The summed E-state index contributed by atoms with van der Waals surface area (Å²) < 4.78 is 0. The minimum absolute atomic E-state index is 0.149. The lowest BCUT2D eigenvalue weighted by Crippen LogP contribution is -2.24. The number of hydrogen-bond acceptors (Lipinski definition) is 3. The standard InChI is InChI=1S/C19H23N3O2/c1-3-14-8-5-6-11-17(14)21-13-18(23)22-16-10-7-9-15(12-16)19(24)20-4-2/h5-12,21H,3-4,13H2,1-2H3,(H,20,24)(H,22,23). The SMILES string of the molecule is CCNC(=O)c1cccc(NC(=O)CNc2ccccc2CC)c1. The number of amides is 2. The highest BCUT2D eigenvalue weighted by Gasteiger charge is 2.07. The molecule has 0 aliphatic heterocycles. The summed E-state index contributed by atoms with van der Waals surface area (Å²) in [7, 11) is 0. The monoisotopic (exact) mass is 325 g/mol. The molecule has 0 saturated heterocycles. The molecule has 24 heavy (non-hydrogen) atoms. The Balaban J connectivity index is 1.95. The number of nitrogens with one attached hydrogen (secondary N) is 3. The number of anilines is 2. The van der Waals surface area contributed by atoms with Gasteiger partial charge in [0.2, 0.25) is 5.91 Å². The van der Waals surface area contributed by atoms with Crippen LogP contribution in [0.3, 0.4) is 0 Å². The van der Waals surface area contributed by atoms with Crippen molar-refractivity contribution in [1.82, 2.24) is 5.32 Å². The number of hydrogen-bond donors (Lipinski definition) is 3. The lowest BCUT2D eigenvalue weighted by Gasteiger charge is -2.11. The van der Waals surface area contributed by atoms with E-state index in [0.717, 1.165) is 12.1 Å². The average molecular weight is 325 g/mol. The third kappa shape index (κ3) is 4.84. The van der Waals surface area contributed by atoms with Crippen molar-refractivity contribution in [2.24, 2.45) is 0 Å². The smallest absolute Gasteiger partial charge is 0.251 e. The molecule has 0 radical (unpaired) electrons. The van der Waals surface area contributed by atoms with Crippen molar-refractivity contribution in [2.75, 3.05) is 23.7 Å². The fourth-order valence-corrected chi connectivity index (χ4v) is 2.38. The quantitative estimate of drug-likeness (QED) is 0.733. The van der Waals surface area contributed by atoms with E-state index in [1.54, 1.807) is 24.3 Å². The zero-order chi connectivity index (χ0) is 17.4.